The first kappa shape index (κ1) is 16.0. The summed E-state index contributed by atoms with van der Waals surface area (Å²) in [5.41, 5.74) is 0. The zero-order valence-corrected chi connectivity index (χ0v) is 13.2. The predicted octanol–water partition coefficient (Wildman–Crippen LogP) is 0.162. The Morgan fingerprint density at radius 3 is 2.29 bits per heavy atom. The van der Waals surface area contributed by atoms with Gasteiger partial charge in [-0.1, -0.05) is 0 Å². The van der Waals surface area contributed by atoms with Crippen LogP contribution in [-0.4, -0.2) is 90.3 Å². The lowest BCUT2D eigenvalue weighted by Gasteiger charge is -2.44. The molecule has 120 valence electrons. The quantitative estimate of drug-likeness (QED) is 0.786. The number of ether oxygens (including phenoxy) is 1. The number of carbonyl (C=O) groups is 2. The molecule has 2 rings (SSSR count). The number of likely N-dealkylation sites (N-methyl/N-ethyl adjacent to an activating group) is 2. The van der Waals surface area contributed by atoms with E-state index in [0.717, 1.165) is 0 Å². The molecule has 7 heteroatoms. The Kier molecular flexibility index (Phi) is 4.73. The second-order valence-electron chi connectivity index (χ2n) is 6.21. The highest BCUT2D eigenvalue weighted by Crippen LogP contribution is 2.22. The van der Waals surface area contributed by atoms with Gasteiger partial charge in [0.1, 0.15) is 5.92 Å². The number of carbonyl (C=O) groups excluding carboxylic acids is 1. The molecule has 0 radical (unpaired) electrons. The van der Waals surface area contributed by atoms with Crippen molar-refractivity contribution in [2.75, 3.05) is 40.4 Å². The van der Waals surface area contributed by atoms with Crippen LogP contribution in [0, 0.1) is 5.92 Å². The van der Waals surface area contributed by atoms with Gasteiger partial charge in [0.2, 0.25) is 0 Å². The number of rotatable bonds is 2. The number of carboxylic acids is 1. The molecular formula is C14H25N3O4. The predicted molar refractivity (Wildman–Crippen MR) is 77.2 cm³/mol. The topological polar surface area (TPSA) is 73.3 Å². The van der Waals surface area contributed by atoms with Crippen molar-refractivity contribution in [2.45, 2.75) is 32.0 Å². The number of carboxylic acid groups (broad SMARTS) is 1. The monoisotopic (exact) mass is 299 g/mol. The number of hydrogen-bond donors (Lipinski definition) is 1. The van der Waals surface area contributed by atoms with E-state index in [0.29, 0.717) is 25.2 Å². The van der Waals surface area contributed by atoms with E-state index in [4.69, 9.17) is 4.74 Å². The van der Waals surface area contributed by atoms with E-state index in [1.54, 1.807) is 7.05 Å². The standard InChI is InChI=1S/C14H25N3O4/c1-9-5-17(6-10(2)15(9)3)14(20)16(4)12-8-21-7-11(12)13(18)19/h9-12H,5-8H2,1-4H3,(H,18,19). The summed E-state index contributed by atoms with van der Waals surface area (Å²) in [6, 6.07) is 0.0891. The van der Waals surface area contributed by atoms with E-state index in [-0.39, 0.29) is 25.3 Å². The molecule has 4 unspecified atom stereocenters. The number of hydrogen-bond acceptors (Lipinski definition) is 4. The number of nitrogens with zero attached hydrogens (tertiary/aromatic N) is 3. The minimum Gasteiger partial charge on any atom is -0.481 e. The van der Waals surface area contributed by atoms with Crippen LogP contribution in [0.1, 0.15) is 13.8 Å². The average Bonchev–Trinajstić information content (AvgIpc) is 2.92. The highest BCUT2D eigenvalue weighted by atomic mass is 16.5. The van der Waals surface area contributed by atoms with Crippen molar-refractivity contribution < 1.29 is 19.4 Å². The van der Waals surface area contributed by atoms with Gasteiger partial charge < -0.3 is 19.6 Å². The third kappa shape index (κ3) is 3.13. The van der Waals surface area contributed by atoms with Crippen LogP contribution >= 0.6 is 0 Å². The molecule has 2 aliphatic heterocycles. The minimum absolute atomic E-state index is 0.108. The van der Waals surface area contributed by atoms with Crippen molar-refractivity contribution >= 4 is 12.0 Å². The molecule has 2 fully saturated rings. The summed E-state index contributed by atoms with van der Waals surface area (Å²) in [5, 5.41) is 9.21. The zero-order chi connectivity index (χ0) is 15.7. The zero-order valence-electron chi connectivity index (χ0n) is 13.2. The molecule has 2 heterocycles. The Balaban J connectivity index is 2.04. The molecule has 21 heavy (non-hydrogen) atoms. The largest absolute Gasteiger partial charge is 0.481 e. The average molecular weight is 299 g/mol. The van der Waals surface area contributed by atoms with Gasteiger partial charge in [-0.2, -0.15) is 0 Å². The highest BCUT2D eigenvalue weighted by Gasteiger charge is 2.40. The lowest BCUT2D eigenvalue weighted by Crippen LogP contribution is -2.60. The van der Waals surface area contributed by atoms with Gasteiger partial charge in [0.25, 0.3) is 0 Å². The van der Waals surface area contributed by atoms with Gasteiger partial charge >= 0.3 is 12.0 Å². The first-order chi connectivity index (χ1) is 9.82. The third-order valence-corrected chi connectivity index (χ3v) is 4.80. The molecule has 7 nitrogen and oxygen atoms in total. The summed E-state index contributed by atoms with van der Waals surface area (Å²) in [6.07, 6.45) is 0. The normalized spacial score (nSPS) is 34.0. The fourth-order valence-electron chi connectivity index (χ4n) is 3.09. The first-order valence-electron chi connectivity index (χ1n) is 7.37. The van der Waals surface area contributed by atoms with Crippen LogP contribution in [0.4, 0.5) is 4.79 Å². The molecule has 0 bridgehead atoms. The summed E-state index contributed by atoms with van der Waals surface area (Å²) in [7, 11) is 3.73. The Bertz CT molecular complexity index is 405. The van der Waals surface area contributed by atoms with E-state index in [1.165, 1.54) is 4.90 Å². The number of aliphatic carboxylic acids is 1. The molecule has 0 spiro atoms. The molecule has 2 aliphatic rings. The van der Waals surface area contributed by atoms with Crippen LogP contribution < -0.4 is 0 Å². The lowest BCUT2D eigenvalue weighted by molar-refractivity contribution is -0.142. The molecule has 0 aromatic carbocycles. The lowest BCUT2D eigenvalue weighted by atomic mass is 10.0. The number of urea groups is 1. The highest BCUT2D eigenvalue weighted by molar-refractivity contribution is 5.77. The molecule has 1 N–H and O–H groups in total. The van der Waals surface area contributed by atoms with Gasteiger partial charge in [-0.05, 0) is 20.9 Å². The summed E-state index contributed by atoms with van der Waals surface area (Å²) in [4.78, 5) is 29.5. The van der Waals surface area contributed by atoms with Crippen LogP contribution in [0.3, 0.4) is 0 Å². The fourth-order valence-corrected chi connectivity index (χ4v) is 3.09. The summed E-state index contributed by atoms with van der Waals surface area (Å²) < 4.78 is 5.25. The molecule has 0 saturated carbocycles. The van der Waals surface area contributed by atoms with Crippen LogP contribution in [0.5, 0.6) is 0 Å². The molecule has 4 atom stereocenters. The first-order valence-corrected chi connectivity index (χ1v) is 7.37. The van der Waals surface area contributed by atoms with E-state index in [1.807, 2.05) is 4.90 Å². The van der Waals surface area contributed by atoms with E-state index < -0.39 is 11.9 Å². The fraction of sp³-hybridized carbons (Fsp3) is 0.857. The maximum Gasteiger partial charge on any atom is 0.320 e. The van der Waals surface area contributed by atoms with Gasteiger partial charge in [0.15, 0.2) is 0 Å². The van der Waals surface area contributed by atoms with E-state index in [2.05, 4.69) is 25.8 Å². The summed E-state index contributed by atoms with van der Waals surface area (Å²) in [5.74, 6) is -1.54. The van der Waals surface area contributed by atoms with E-state index in [9.17, 15) is 14.7 Å². The van der Waals surface area contributed by atoms with Crippen LogP contribution in [0.2, 0.25) is 0 Å². The van der Waals surface area contributed by atoms with Gasteiger partial charge in [-0.3, -0.25) is 9.69 Å². The van der Waals surface area contributed by atoms with Crippen LogP contribution in [0.15, 0.2) is 0 Å². The molecular weight excluding hydrogens is 274 g/mol. The second kappa shape index (κ2) is 6.19. The van der Waals surface area contributed by atoms with Gasteiger partial charge in [-0.15, -0.1) is 0 Å². The summed E-state index contributed by atoms with van der Waals surface area (Å²) >= 11 is 0. The van der Waals surface area contributed by atoms with Crippen molar-refractivity contribution in [1.29, 1.82) is 0 Å². The van der Waals surface area contributed by atoms with Crippen molar-refractivity contribution in [3.8, 4) is 0 Å². The molecule has 2 amide bonds. The smallest absolute Gasteiger partial charge is 0.320 e. The Labute approximate surface area is 125 Å². The maximum absolute atomic E-state index is 12.6. The van der Waals surface area contributed by atoms with Gasteiger partial charge in [0, 0.05) is 32.2 Å². The van der Waals surface area contributed by atoms with Crippen molar-refractivity contribution in [3.05, 3.63) is 0 Å². The molecule has 0 aromatic rings. The molecule has 0 aliphatic carbocycles. The third-order valence-electron chi connectivity index (χ3n) is 4.80. The van der Waals surface area contributed by atoms with Crippen LogP contribution in [0.25, 0.3) is 0 Å². The SMILES string of the molecule is CC1CN(C(=O)N(C)C2COCC2C(=O)O)CC(C)N1C. The Morgan fingerprint density at radius 2 is 1.76 bits per heavy atom. The van der Waals surface area contributed by atoms with Crippen molar-refractivity contribution in [2.24, 2.45) is 5.92 Å². The van der Waals surface area contributed by atoms with E-state index >= 15 is 0 Å². The molecule has 0 aromatic heterocycles. The maximum atomic E-state index is 12.6. The molecule has 2 saturated heterocycles. The van der Waals surface area contributed by atoms with Crippen molar-refractivity contribution in [1.82, 2.24) is 14.7 Å². The minimum atomic E-state index is -0.905. The summed E-state index contributed by atoms with van der Waals surface area (Å²) in [6.45, 7) is 5.97. The van der Waals surface area contributed by atoms with Crippen LogP contribution in [-0.2, 0) is 9.53 Å². The number of piperazine rings is 1. The second-order valence-corrected chi connectivity index (χ2v) is 6.21. The van der Waals surface area contributed by atoms with Gasteiger partial charge in [-0.25, -0.2) is 4.79 Å². The Hall–Kier alpha value is -1.34. The number of amides is 2. The Morgan fingerprint density at radius 1 is 1.19 bits per heavy atom. The van der Waals surface area contributed by atoms with Gasteiger partial charge in [0.05, 0.1) is 19.3 Å². The van der Waals surface area contributed by atoms with Crippen molar-refractivity contribution in [3.63, 3.8) is 0 Å².